The normalized spacial score (nSPS) is 27.8. The molecular weight excluding hydrogens is 516 g/mol. The summed E-state index contributed by atoms with van der Waals surface area (Å²) in [6.45, 7) is 9.38. The smallest absolute Gasteiger partial charge is 0.408 e. The fraction of sp³-hybridized carbons (Fsp3) is 0.828. The van der Waals surface area contributed by atoms with E-state index in [0.717, 1.165) is 44.9 Å². The summed E-state index contributed by atoms with van der Waals surface area (Å²) >= 11 is 0. The summed E-state index contributed by atoms with van der Waals surface area (Å²) in [5.74, 6) is -2.90. The van der Waals surface area contributed by atoms with Crippen LogP contribution >= 0.6 is 0 Å². The Labute approximate surface area is 236 Å². The molecule has 4 aliphatic rings. The molecule has 11 heteroatoms. The Morgan fingerprint density at radius 3 is 2.25 bits per heavy atom. The fourth-order valence-electron chi connectivity index (χ4n) is 6.64. The molecule has 0 aromatic carbocycles. The van der Waals surface area contributed by atoms with Crippen LogP contribution in [0.3, 0.4) is 0 Å². The first-order valence-corrected chi connectivity index (χ1v) is 14.8. The van der Waals surface area contributed by atoms with Crippen molar-refractivity contribution in [2.24, 2.45) is 23.5 Å². The van der Waals surface area contributed by atoms with Gasteiger partial charge in [0.2, 0.25) is 17.6 Å². The first-order chi connectivity index (χ1) is 18.6. The van der Waals surface area contributed by atoms with Crippen molar-refractivity contribution >= 4 is 29.6 Å². The summed E-state index contributed by atoms with van der Waals surface area (Å²) in [5, 5.41) is 5.61. The first kappa shape index (κ1) is 30.3. The highest BCUT2D eigenvalue weighted by molar-refractivity contribution is 6.37. The van der Waals surface area contributed by atoms with Crippen LogP contribution in [0.1, 0.15) is 92.4 Å². The molecule has 4 fully saturated rings. The van der Waals surface area contributed by atoms with E-state index in [1.54, 1.807) is 20.8 Å². The molecule has 4 amide bonds. The molecule has 2 saturated heterocycles. The molecule has 2 saturated carbocycles. The maximum absolute atomic E-state index is 14.2. The fourth-order valence-corrected chi connectivity index (χ4v) is 6.64. The van der Waals surface area contributed by atoms with E-state index in [2.05, 4.69) is 10.6 Å². The predicted octanol–water partition coefficient (Wildman–Crippen LogP) is 2.19. The summed E-state index contributed by atoms with van der Waals surface area (Å²) < 4.78 is 11.7. The maximum Gasteiger partial charge on any atom is 0.408 e. The quantitative estimate of drug-likeness (QED) is 0.364. The van der Waals surface area contributed by atoms with Crippen LogP contribution in [0.2, 0.25) is 0 Å². The number of nitrogens with one attached hydrogen (secondary N) is 2. The highest BCUT2D eigenvalue weighted by Gasteiger charge is 2.56. The Morgan fingerprint density at radius 1 is 1.02 bits per heavy atom. The lowest BCUT2D eigenvalue weighted by molar-refractivity contribution is -0.144. The number of hydrogen-bond acceptors (Lipinski definition) is 7. The van der Waals surface area contributed by atoms with Gasteiger partial charge in [-0.15, -0.1) is 0 Å². The van der Waals surface area contributed by atoms with Crippen LogP contribution in [-0.4, -0.2) is 76.5 Å². The SMILES string of the molecule is CC(C)(C)OC(=O)N[C@H](C(=O)N1C[C@H]2OC(C)(C)C[C@H]2[C@H]1C(=O)NC(CC1CC1)C(=O)C(N)=O)C1CCCCC1. The topological polar surface area (TPSA) is 157 Å². The minimum absolute atomic E-state index is 0.0886. The van der Waals surface area contributed by atoms with Gasteiger partial charge in [0.15, 0.2) is 0 Å². The number of fused-ring (bicyclic) bond motifs is 1. The minimum Gasteiger partial charge on any atom is -0.444 e. The standard InChI is InChI=1S/C29H46N4O7/c1-28(2,3)40-27(38)32-21(17-9-7-6-8-10-17)26(37)33-15-20-18(14-29(4,5)39-20)22(33)25(36)31-19(13-16-11-12-16)23(34)24(30)35/h16-22H,6-15H2,1-5H3,(H2,30,35)(H,31,36)(H,32,38)/t18-,19?,20-,21+,22+/m1/s1. The van der Waals surface area contributed by atoms with Crippen molar-refractivity contribution in [1.82, 2.24) is 15.5 Å². The van der Waals surface area contributed by atoms with E-state index < -0.39 is 53.0 Å². The molecular formula is C29H46N4O7. The zero-order valence-corrected chi connectivity index (χ0v) is 24.5. The predicted molar refractivity (Wildman–Crippen MR) is 146 cm³/mol. The van der Waals surface area contributed by atoms with Gasteiger partial charge in [0.05, 0.1) is 17.7 Å². The Bertz CT molecular complexity index is 1010. The van der Waals surface area contributed by atoms with Gasteiger partial charge in [-0.25, -0.2) is 4.79 Å². The number of ketones is 1. The second kappa shape index (κ2) is 11.7. The number of nitrogens with zero attached hydrogens (tertiary/aromatic N) is 1. The van der Waals surface area contributed by atoms with Crippen LogP contribution < -0.4 is 16.4 Å². The van der Waals surface area contributed by atoms with Crippen LogP contribution in [0.25, 0.3) is 0 Å². The lowest BCUT2D eigenvalue weighted by atomic mass is 9.83. The summed E-state index contributed by atoms with van der Waals surface area (Å²) in [7, 11) is 0. The molecule has 11 nitrogen and oxygen atoms in total. The second-order valence-corrected chi connectivity index (χ2v) is 13.7. The van der Waals surface area contributed by atoms with Crippen LogP contribution in [0.5, 0.6) is 0 Å². The highest BCUT2D eigenvalue weighted by Crippen LogP contribution is 2.44. The van der Waals surface area contributed by atoms with E-state index in [1.165, 1.54) is 4.90 Å². The minimum atomic E-state index is -1.09. The number of carbonyl (C=O) groups excluding carboxylic acids is 5. The Kier molecular flexibility index (Phi) is 8.82. The lowest BCUT2D eigenvalue weighted by Crippen LogP contribution is -2.59. The van der Waals surface area contributed by atoms with Gasteiger partial charge in [-0.2, -0.15) is 0 Å². The molecule has 0 radical (unpaired) electrons. The molecule has 0 spiro atoms. The second-order valence-electron chi connectivity index (χ2n) is 13.7. The first-order valence-electron chi connectivity index (χ1n) is 14.8. The van der Waals surface area contributed by atoms with Gasteiger partial charge in [-0.05, 0) is 72.1 Å². The third-order valence-electron chi connectivity index (χ3n) is 8.55. The van der Waals surface area contributed by atoms with Gasteiger partial charge in [-0.1, -0.05) is 32.1 Å². The average Bonchev–Trinajstić information content (AvgIpc) is 3.53. The van der Waals surface area contributed by atoms with E-state index in [0.29, 0.717) is 12.8 Å². The third-order valence-corrected chi connectivity index (χ3v) is 8.55. The van der Waals surface area contributed by atoms with Crippen LogP contribution in [0.15, 0.2) is 0 Å². The van der Waals surface area contributed by atoms with Crippen molar-refractivity contribution in [3.8, 4) is 0 Å². The molecule has 40 heavy (non-hydrogen) atoms. The van der Waals surface area contributed by atoms with E-state index >= 15 is 0 Å². The number of carbonyl (C=O) groups is 5. The number of Topliss-reactive ketones (excluding diaryl/α,β-unsaturated/α-hetero) is 1. The van der Waals surface area contributed by atoms with E-state index in [1.807, 2.05) is 13.8 Å². The van der Waals surface area contributed by atoms with E-state index in [4.69, 9.17) is 15.2 Å². The van der Waals surface area contributed by atoms with Gasteiger partial charge in [0.1, 0.15) is 17.7 Å². The van der Waals surface area contributed by atoms with E-state index in [9.17, 15) is 24.0 Å². The molecule has 4 N–H and O–H groups in total. The van der Waals surface area contributed by atoms with Crippen molar-refractivity contribution in [3.05, 3.63) is 0 Å². The van der Waals surface area contributed by atoms with Crippen LogP contribution in [0.4, 0.5) is 4.79 Å². The number of hydrogen-bond donors (Lipinski definition) is 3. The number of likely N-dealkylation sites (tertiary alicyclic amines) is 1. The zero-order valence-electron chi connectivity index (χ0n) is 24.5. The molecule has 0 aromatic heterocycles. The summed E-state index contributed by atoms with van der Waals surface area (Å²) in [6.07, 6.45) is 6.25. The largest absolute Gasteiger partial charge is 0.444 e. The Balaban J connectivity index is 1.60. The molecule has 1 unspecified atom stereocenters. The van der Waals surface area contributed by atoms with Crippen molar-refractivity contribution in [1.29, 1.82) is 0 Å². The maximum atomic E-state index is 14.2. The molecule has 2 aliphatic heterocycles. The molecule has 4 rings (SSSR count). The number of amides is 4. The third kappa shape index (κ3) is 7.33. The summed E-state index contributed by atoms with van der Waals surface area (Å²) in [5.41, 5.74) is 4.08. The van der Waals surface area contributed by atoms with Crippen molar-refractivity contribution in [3.63, 3.8) is 0 Å². The molecule has 224 valence electrons. The average molecular weight is 563 g/mol. The van der Waals surface area contributed by atoms with Gasteiger partial charge in [0.25, 0.3) is 5.91 Å². The summed E-state index contributed by atoms with van der Waals surface area (Å²) in [6, 6.07) is -2.79. The van der Waals surface area contributed by atoms with Crippen molar-refractivity contribution in [2.75, 3.05) is 6.54 Å². The monoisotopic (exact) mass is 562 g/mol. The number of ether oxygens (including phenoxy) is 2. The molecule has 2 heterocycles. The van der Waals surface area contributed by atoms with Gasteiger partial charge < -0.3 is 30.7 Å². The molecule has 5 atom stereocenters. The summed E-state index contributed by atoms with van der Waals surface area (Å²) in [4.78, 5) is 66.8. The van der Waals surface area contributed by atoms with Crippen LogP contribution in [0, 0.1) is 17.8 Å². The number of rotatable bonds is 9. The van der Waals surface area contributed by atoms with Crippen molar-refractivity contribution in [2.45, 2.75) is 128 Å². The highest BCUT2D eigenvalue weighted by atomic mass is 16.6. The lowest BCUT2D eigenvalue weighted by Gasteiger charge is -2.36. The Morgan fingerprint density at radius 2 is 1.68 bits per heavy atom. The number of alkyl carbamates (subject to hydrolysis) is 1. The Hall–Kier alpha value is -2.69. The molecule has 2 aliphatic carbocycles. The molecule has 0 aromatic rings. The van der Waals surface area contributed by atoms with Crippen molar-refractivity contribution < 1.29 is 33.4 Å². The number of nitrogens with two attached hydrogens (primary N) is 1. The van der Waals surface area contributed by atoms with E-state index in [-0.39, 0.29) is 36.3 Å². The van der Waals surface area contributed by atoms with Crippen LogP contribution in [-0.2, 0) is 28.7 Å². The van der Waals surface area contributed by atoms with Gasteiger partial charge in [-0.3, -0.25) is 19.2 Å². The van der Waals surface area contributed by atoms with Gasteiger partial charge >= 0.3 is 6.09 Å². The number of primary amides is 1. The van der Waals surface area contributed by atoms with Gasteiger partial charge in [0, 0.05) is 12.5 Å². The molecule has 0 bridgehead atoms. The zero-order chi connectivity index (χ0) is 29.4.